The van der Waals surface area contributed by atoms with Crippen molar-refractivity contribution in [2.75, 3.05) is 48.5 Å². The quantitative estimate of drug-likeness (QED) is 0.417. The predicted molar refractivity (Wildman–Crippen MR) is 144 cm³/mol. The van der Waals surface area contributed by atoms with E-state index < -0.39 is 11.9 Å². The summed E-state index contributed by atoms with van der Waals surface area (Å²) in [6, 6.07) is 7.44. The molecule has 2 aliphatic rings. The van der Waals surface area contributed by atoms with Gasteiger partial charge >= 0.3 is 12.0 Å². The maximum atomic E-state index is 13.0. The lowest BCUT2D eigenvalue weighted by Gasteiger charge is -2.31. The van der Waals surface area contributed by atoms with Gasteiger partial charge in [0.25, 0.3) is 5.91 Å². The van der Waals surface area contributed by atoms with E-state index in [4.69, 9.17) is 9.47 Å². The molecule has 2 aromatic heterocycles. The number of ether oxygens (including phenoxy) is 2. The van der Waals surface area contributed by atoms with Crippen LogP contribution in [0.15, 0.2) is 42.0 Å². The van der Waals surface area contributed by atoms with Crippen LogP contribution in [0.5, 0.6) is 6.01 Å². The van der Waals surface area contributed by atoms with Gasteiger partial charge in [0.15, 0.2) is 5.13 Å². The highest BCUT2D eigenvalue weighted by molar-refractivity contribution is 7.14. The smallest absolute Gasteiger partial charge is 0.337 e. The third kappa shape index (κ3) is 5.86. The molecule has 2 N–H and O–H groups in total. The number of carboxylic acid groups (broad SMARTS) is 1. The molecule has 38 heavy (non-hydrogen) atoms. The van der Waals surface area contributed by atoms with Gasteiger partial charge in [-0.05, 0) is 37.1 Å². The van der Waals surface area contributed by atoms with Crippen LogP contribution in [0.4, 0.5) is 16.5 Å². The zero-order valence-electron chi connectivity index (χ0n) is 21.1. The van der Waals surface area contributed by atoms with E-state index in [-0.39, 0.29) is 29.1 Å². The molecule has 0 aliphatic carbocycles. The Labute approximate surface area is 224 Å². The van der Waals surface area contributed by atoms with Crippen LogP contribution >= 0.6 is 11.3 Å². The van der Waals surface area contributed by atoms with Gasteiger partial charge < -0.3 is 29.7 Å². The van der Waals surface area contributed by atoms with Crippen LogP contribution in [0.1, 0.15) is 46.5 Å². The average molecular weight is 539 g/mol. The van der Waals surface area contributed by atoms with E-state index in [2.05, 4.69) is 30.1 Å². The summed E-state index contributed by atoms with van der Waals surface area (Å²) >= 11 is 1.39. The molecule has 1 aromatic carbocycles. The Bertz CT molecular complexity index is 1260. The number of nitrogens with zero attached hydrogens (tertiary/aromatic N) is 5. The number of piperidine rings is 1. The maximum absolute atomic E-state index is 13.0. The Balaban J connectivity index is 1.21. The molecule has 0 radical (unpaired) electrons. The molecule has 12 heteroatoms. The third-order valence-electron chi connectivity index (χ3n) is 6.80. The number of benzene rings is 1. The highest BCUT2D eigenvalue weighted by Gasteiger charge is 2.27. The van der Waals surface area contributed by atoms with E-state index in [1.165, 1.54) is 11.3 Å². The van der Waals surface area contributed by atoms with Gasteiger partial charge in [-0.15, -0.1) is 11.3 Å². The molecule has 3 aromatic rings. The first-order valence-electron chi connectivity index (χ1n) is 12.6. The third-order valence-corrected chi connectivity index (χ3v) is 7.70. The second kappa shape index (κ2) is 11.7. The molecule has 1 atom stereocenters. The van der Waals surface area contributed by atoms with Gasteiger partial charge in [0.05, 0.1) is 23.9 Å². The van der Waals surface area contributed by atoms with E-state index in [1.54, 1.807) is 43.1 Å². The minimum absolute atomic E-state index is 0.0270. The number of carbonyl (C=O) groups is 2. The van der Waals surface area contributed by atoms with Crippen molar-refractivity contribution < 1.29 is 24.2 Å². The molecule has 0 spiro atoms. The molecular formula is C26H30N6O5S. The van der Waals surface area contributed by atoms with Crippen LogP contribution in [0.3, 0.4) is 0 Å². The maximum Gasteiger partial charge on any atom is 0.337 e. The lowest BCUT2D eigenvalue weighted by atomic mass is 10.1. The van der Waals surface area contributed by atoms with Crippen LogP contribution in [0.2, 0.25) is 0 Å². The topological polar surface area (TPSA) is 130 Å². The summed E-state index contributed by atoms with van der Waals surface area (Å²) in [6.07, 6.45) is 6.92. The van der Waals surface area contributed by atoms with Gasteiger partial charge in [-0.1, -0.05) is 0 Å². The summed E-state index contributed by atoms with van der Waals surface area (Å²) in [5, 5.41) is 15.0. The fraction of sp³-hybridized carbons (Fsp3) is 0.423. The van der Waals surface area contributed by atoms with Crippen LogP contribution < -0.4 is 19.9 Å². The van der Waals surface area contributed by atoms with Crippen molar-refractivity contribution in [3.05, 3.63) is 53.3 Å². The number of nitrogens with one attached hydrogen (secondary N) is 1. The number of anilines is 3. The molecule has 0 unspecified atom stereocenters. The number of methoxy groups -OCH3 is 1. The van der Waals surface area contributed by atoms with Gasteiger partial charge in [-0.3, -0.25) is 4.79 Å². The van der Waals surface area contributed by atoms with Gasteiger partial charge in [-0.2, -0.15) is 0 Å². The summed E-state index contributed by atoms with van der Waals surface area (Å²) in [5.74, 6) is -1.55. The number of amides is 1. The highest BCUT2D eigenvalue weighted by atomic mass is 32.1. The van der Waals surface area contributed by atoms with Crippen molar-refractivity contribution >= 4 is 39.7 Å². The average Bonchev–Trinajstić information content (AvgIpc) is 3.61. The number of hydrogen-bond acceptors (Lipinski definition) is 10. The van der Waals surface area contributed by atoms with Crippen molar-refractivity contribution in [3.8, 4) is 6.01 Å². The summed E-state index contributed by atoms with van der Waals surface area (Å²) in [7, 11) is 1.67. The Morgan fingerprint density at radius 2 is 1.95 bits per heavy atom. The minimum Gasteiger partial charge on any atom is -0.478 e. The fourth-order valence-electron chi connectivity index (χ4n) is 4.90. The summed E-state index contributed by atoms with van der Waals surface area (Å²) < 4.78 is 11.2. The molecule has 0 bridgehead atoms. The summed E-state index contributed by atoms with van der Waals surface area (Å²) in [4.78, 5) is 42.0. The van der Waals surface area contributed by atoms with E-state index >= 15 is 0 Å². The Kier molecular flexibility index (Phi) is 7.99. The second-order valence-electron chi connectivity index (χ2n) is 9.28. The van der Waals surface area contributed by atoms with Gasteiger partial charge in [0.1, 0.15) is 11.8 Å². The van der Waals surface area contributed by atoms with Gasteiger partial charge in [0, 0.05) is 63.0 Å². The first kappa shape index (κ1) is 25.9. The van der Waals surface area contributed by atoms with E-state index in [0.29, 0.717) is 12.6 Å². The van der Waals surface area contributed by atoms with Crippen molar-refractivity contribution in [3.63, 3.8) is 0 Å². The summed E-state index contributed by atoms with van der Waals surface area (Å²) in [5.41, 5.74) is 1.34. The lowest BCUT2D eigenvalue weighted by Crippen LogP contribution is -2.38. The number of thiazole rings is 1. The standard InChI is InChI=1S/C26H30N6O5S/c1-36-15-18-4-2-11-32(18)17-5-6-21(20(14-17)24(34)35)29-23(33)22-16-38-26(30-22)31-12-7-19(8-13-31)37-25-27-9-3-10-28-25/h3,5-6,9-10,14,16,18-19H,2,4,7-8,11-13,15H2,1H3,(H,29,33)(H,34,35)/t18-/m1/s1. The highest BCUT2D eigenvalue weighted by Crippen LogP contribution is 2.30. The SMILES string of the molecule is COC[C@H]1CCCN1c1ccc(NC(=O)c2csc(N3CCC(Oc4ncccn4)CC3)n2)c(C(=O)O)c1. The lowest BCUT2D eigenvalue weighted by molar-refractivity contribution is 0.0698. The van der Waals surface area contributed by atoms with E-state index in [1.807, 2.05) is 6.07 Å². The Morgan fingerprint density at radius 3 is 2.68 bits per heavy atom. The molecule has 200 valence electrons. The van der Waals surface area contributed by atoms with Crippen molar-refractivity contribution in [1.82, 2.24) is 15.0 Å². The molecule has 2 aliphatic heterocycles. The first-order valence-corrected chi connectivity index (χ1v) is 13.5. The summed E-state index contributed by atoms with van der Waals surface area (Å²) in [6.45, 7) is 2.89. The zero-order valence-corrected chi connectivity index (χ0v) is 21.9. The molecule has 0 saturated carbocycles. The van der Waals surface area contributed by atoms with Crippen LogP contribution in [-0.2, 0) is 4.74 Å². The monoisotopic (exact) mass is 538 g/mol. The largest absolute Gasteiger partial charge is 0.478 e. The number of aromatic carboxylic acids is 1. The molecular weight excluding hydrogens is 508 g/mol. The molecule has 2 saturated heterocycles. The number of rotatable bonds is 9. The van der Waals surface area contributed by atoms with Crippen LogP contribution in [0, 0.1) is 0 Å². The van der Waals surface area contributed by atoms with Crippen LogP contribution in [0.25, 0.3) is 0 Å². The van der Waals surface area contributed by atoms with E-state index in [9.17, 15) is 14.7 Å². The Hall–Kier alpha value is -3.77. The molecule has 4 heterocycles. The van der Waals surface area contributed by atoms with Gasteiger partial charge in [-0.25, -0.2) is 19.7 Å². The van der Waals surface area contributed by atoms with Crippen molar-refractivity contribution in [2.24, 2.45) is 0 Å². The minimum atomic E-state index is -1.10. The second-order valence-corrected chi connectivity index (χ2v) is 10.1. The Morgan fingerprint density at radius 1 is 1.16 bits per heavy atom. The number of carbonyl (C=O) groups excluding carboxylic acids is 1. The molecule has 11 nitrogen and oxygen atoms in total. The number of aromatic nitrogens is 3. The molecule has 5 rings (SSSR count). The van der Waals surface area contributed by atoms with Crippen molar-refractivity contribution in [1.29, 1.82) is 0 Å². The van der Waals surface area contributed by atoms with Crippen LogP contribution in [-0.4, -0.2) is 77.4 Å². The molecule has 1 amide bonds. The molecule has 2 fully saturated rings. The predicted octanol–water partition coefficient (Wildman–Crippen LogP) is 3.55. The normalized spacial score (nSPS) is 18.0. The van der Waals surface area contributed by atoms with E-state index in [0.717, 1.165) is 56.1 Å². The van der Waals surface area contributed by atoms with Crippen molar-refractivity contribution in [2.45, 2.75) is 37.8 Å². The first-order chi connectivity index (χ1) is 18.5. The zero-order chi connectivity index (χ0) is 26.5. The van der Waals surface area contributed by atoms with Gasteiger partial charge in [0.2, 0.25) is 0 Å². The number of hydrogen-bond donors (Lipinski definition) is 2. The fourth-order valence-corrected chi connectivity index (χ4v) is 5.76. The number of carboxylic acids is 1.